The molecule has 1 heterocycles. The van der Waals surface area contributed by atoms with E-state index in [1.54, 1.807) is 24.7 Å². The molecule has 2 rings (SSSR count). The maximum absolute atomic E-state index is 13.7. The van der Waals surface area contributed by atoms with Crippen LogP contribution in [-0.4, -0.2) is 36.2 Å². The van der Waals surface area contributed by atoms with Gasteiger partial charge in [-0.1, -0.05) is 31.0 Å². The number of nitrogens with zero attached hydrogens (tertiary/aromatic N) is 3. The molecule has 0 spiro atoms. The second-order valence-electron chi connectivity index (χ2n) is 7.73. The molecule has 1 aliphatic carbocycles. The highest BCUT2D eigenvalue weighted by Gasteiger charge is 2.15. The first kappa shape index (κ1) is 22.3. The molecule has 6 heteroatoms. The third-order valence-corrected chi connectivity index (χ3v) is 4.76. The number of pyridine rings is 1. The first-order valence-electron chi connectivity index (χ1n) is 9.78. The van der Waals surface area contributed by atoms with Gasteiger partial charge in [-0.2, -0.15) is 0 Å². The standard InChI is InChI=1S/C22H30ClFN4/c1-4-21-19(20(25)8-9-28-21)14-26-12-17(13-27-15-22(2,3)24)11-18(23)10-16-6-5-7-16/h8-11,13-14,16H,4-7,12,15H2,1-3H3,(H2,25,28)/b17-11-,18-10-,26-14?,27-13?. The number of allylic oxidation sites excluding steroid dienone is 3. The lowest BCUT2D eigenvalue weighted by atomic mass is 9.85. The van der Waals surface area contributed by atoms with Gasteiger partial charge in [0, 0.05) is 34.9 Å². The van der Waals surface area contributed by atoms with Crippen molar-refractivity contribution in [1.29, 1.82) is 0 Å². The number of halogens is 2. The van der Waals surface area contributed by atoms with Crippen LogP contribution in [0.3, 0.4) is 0 Å². The fraction of sp³-hybridized carbons (Fsp3) is 0.500. The van der Waals surface area contributed by atoms with Crippen molar-refractivity contribution in [2.45, 2.75) is 52.1 Å². The second kappa shape index (κ2) is 10.5. The van der Waals surface area contributed by atoms with E-state index >= 15 is 0 Å². The van der Waals surface area contributed by atoms with E-state index in [2.05, 4.69) is 21.0 Å². The summed E-state index contributed by atoms with van der Waals surface area (Å²) in [4.78, 5) is 13.1. The van der Waals surface area contributed by atoms with Crippen LogP contribution in [0.2, 0.25) is 0 Å². The fourth-order valence-electron chi connectivity index (χ4n) is 2.77. The summed E-state index contributed by atoms with van der Waals surface area (Å²) in [5.41, 5.74) is 7.92. The highest BCUT2D eigenvalue weighted by Crippen LogP contribution is 2.29. The van der Waals surface area contributed by atoms with Crippen LogP contribution in [0.15, 0.2) is 45.0 Å². The van der Waals surface area contributed by atoms with E-state index in [0.29, 0.717) is 23.2 Å². The number of hydrogen-bond donors (Lipinski definition) is 1. The van der Waals surface area contributed by atoms with Gasteiger partial charge < -0.3 is 5.73 Å². The van der Waals surface area contributed by atoms with Crippen molar-refractivity contribution in [2.75, 3.05) is 18.8 Å². The van der Waals surface area contributed by atoms with E-state index in [0.717, 1.165) is 23.3 Å². The Hall–Kier alpha value is -2.01. The highest BCUT2D eigenvalue weighted by atomic mass is 35.5. The third kappa shape index (κ3) is 7.55. The van der Waals surface area contributed by atoms with Gasteiger partial charge in [-0.3, -0.25) is 15.0 Å². The first-order chi connectivity index (χ1) is 13.3. The van der Waals surface area contributed by atoms with Crippen molar-refractivity contribution in [1.82, 2.24) is 4.98 Å². The van der Waals surface area contributed by atoms with Crippen LogP contribution in [0.4, 0.5) is 10.1 Å². The van der Waals surface area contributed by atoms with E-state index in [1.165, 1.54) is 33.1 Å². The smallest absolute Gasteiger partial charge is 0.124 e. The van der Waals surface area contributed by atoms with Crippen LogP contribution in [0, 0.1) is 5.92 Å². The zero-order valence-electron chi connectivity index (χ0n) is 17.0. The first-order valence-corrected chi connectivity index (χ1v) is 10.2. The van der Waals surface area contributed by atoms with Gasteiger partial charge in [0.15, 0.2) is 0 Å². The Labute approximate surface area is 172 Å². The lowest BCUT2D eigenvalue weighted by Gasteiger charge is -2.21. The van der Waals surface area contributed by atoms with E-state index < -0.39 is 5.67 Å². The maximum Gasteiger partial charge on any atom is 0.124 e. The summed E-state index contributed by atoms with van der Waals surface area (Å²) in [6.07, 6.45) is 13.4. The quantitative estimate of drug-likeness (QED) is 0.447. The van der Waals surface area contributed by atoms with Crippen LogP contribution >= 0.6 is 11.6 Å². The number of aryl methyl sites for hydroxylation is 1. The number of aliphatic imine (C=N–C) groups is 2. The Bertz CT molecular complexity index is 771. The van der Waals surface area contributed by atoms with Crippen LogP contribution < -0.4 is 5.73 Å². The number of anilines is 1. The molecule has 28 heavy (non-hydrogen) atoms. The molecule has 0 unspecified atom stereocenters. The van der Waals surface area contributed by atoms with Gasteiger partial charge in [0.1, 0.15) is 5.67 Å². The lowest BCUT2D eigenvalue weighted by molar-refractivity contribution is 0.229. The molecule has 0 amide bonds. The predicted molar refractivity (Wildman–Crippen MR) is 118 cm³/mol. The minimum absolute atomic E-state index is 0.0908. The minimum atomic E-state index is -1.35. The Morgan fingerprint density at radius 2 is 2.14 bits per heavy atom. The molecule has 1 aromatic heterocycles. The normalized spacial score (nSPS) is 16.9. The molecule has 1 saturated carbocycles. The van der Waals surface area contributed by atoms with Gasteiger partial charge in [-0.15, -0.1) is 0 Å². The summed E-state index contributed by atoms with van der Waals surface area (Å²) in [6, 6.07) is 1.76. The van der Waals surface area contributed by atoms with Crippen molar-refractivity contribution in [3.63, 3.8) is 0 Å². The molecule has 2 N–H and O–H groups in total. The maximum atomic E-state index is 13.7. The second-order valence-corrected chi connectivity index (χ2v) is 8.17. The Balaban J connectivity index is 2.16. The molecular weight excluding hydrogens is 375 g/mol. The molecule has 152 valence electrons. The van der Waals surface area contributed by atoms with E-state index in [-0.39, 0.29) is 6.54 Å². The Kier molecular flexibility index (Phi) is 8.36. The summed E-state index contributed by atoms with van der Waals surface area (Å²) < 4.78 is 13.7. The fourth-order valence-corrected chi connectivity index (χ4v) is 3.09. The molecule has 1 fully saturated rings. The number of rotatable bonds is 9. The molecule has 0 radical (unpaired) electrons. The minimum Gasteiger partial charge on any atom is -0.398 e. The Morgan fingerprint density at radius 3 is 2.75 bits per heavy atom. The molecule has 4 nitrogen and oxygen atoms in total. The SMILES string of the molecule is CCc1nccc(N)c1C=NC/C(C=NCC(C)(C)F)=C/C(Cl)=C/C1CCC1. The number of nitrogens with two attached hydrogens (primary N) is 1. The van der Waals surface area contributed by atoms with Gasteiger partial charge in [0.05, 0.1) is 18.8 Å². The van der Waals surface area contributed by atoms with E-state index in [1.807, 2.05) is 13.0 Å². The molecule has 0 saturated heterocycles. The molecule has 0 aromatic carbocycles. The molecule has 0 aliphatic heterocycles. The highest BCUT2D eigenvalue weighted by molar-refractivity contribution is 6.31. The summed E-state index contributed by atoms with van der Waals surface area (Å²) in [5.74, 6) is 0.553. The Morgan fingerprint density at radius 1 is 1.39 bits per heavy atom. The molecule has 1 aliphatic rings. The monoisotopic (exact) mass is 404 g/mol. The van der Waals surface area contributed by atoms with Crippen molar-refractivity contribution >= 4 is 29.7 Å². The molecule has 0 atom stereocenters. The zero-order valence-corrected chi connectivity index (χ0v) is 17.7. The third-order valence-electron chi connectivity index (χ3n) is 4.53. The average molecular weight is 405 g/mol. The molecule has 1 aromatic rings. The zero-order chi connectivity index (χ0) is 20.6. The molecular formula is C22H30ClFN4. The van der Waals surface area contributed by atoms with Crippen molar-refractivity contribution in [3.05, 3.63) is 46.3 Å². The van der Waals surface area contributed by atoms with E-state index in [9.17, 15) is 4.39 Å². The number of nitrogen functional groups attached to an aromatic ring is 1. The van der Waals surface area contributed by atoms with Gasteiger partial charge in [-0.05, 0) is 56.7 Å². The van der Waals surface area contributed by atoms with Crippen LogP contribution in [0.25, 0.3) is 0 Å². The number of alkyl halides is 1. The molecule has 0 bridgehead atoms. The summed E-state index contributed by atoms with van der Waals surface area (Å²) in [6.45, 7) is 5.51. The summed E-state index contributed by atoms with van der Waals surface area (Å²) >= 11 is 6.39. The van der Waals surface area contributed by atoms with Crippen molar-refractivity contribution in [2.24, 2.45) is 15.9 Å². The van der Waals surface area contributed by atoms with Gasteiger partial charge in [0.2, 0.25) is 0 Å². The summed E-state index contributed by atoms with van der Waals surface area (Å²) in [5, 5.41) is 0.677. The summed E-state index contributed by atoms with van der Waals surface area (Å²) in [7, 11) is 0. The van der Waals surface area contributed by atoms with Crippen LogP contribution in [-0.2, 0) is 6.42 Å². The number of aromatic nitrogens is 1. The number of hydrogen-bond acceptors (Lipinski definition) is 4. The van der Waals surface area contributed by atoms with Gasteiger partial charge in [-0.25, -0.2) is 4.39 Å². The van der Waals surface area contributed by atoms with Crippen molar-refractivity contribution in [3.8, 4) is 0 Å². The van der Waals surface area contributed by atoms with Crippen molar-refractivity contribution < 1.29 is 4.39 Å². The van der Waals surface area contributed by atoms with Gasteiger partial charge >= 0.3 is 0 Å². The average Bonchev–Trinajstić information content (AvgIpc) is 2.58. The topological polar surface area (TPSA) is 63.6 Å². The van der Waals surface area contributed by atoms with E-state index in [4.69, 9.17) is 17.3 Å². The van der Waals surface area contributed by atoms with Gasteiger partial charge in [0.25, 0.3) is 0 Å². The largest absolute Gasteiger partial charge is 0.398 e. The lowest BCUT2D eigenvalue weighted by Crippen LogP contribution is -2.16. The van der Waals surface area contributed by atoms with Crippen LogP contribution in [0.1, 0.15) is 51.3 Å². The van der Waals surface area contributed by atoms with Crippen LogP contribution in [0.5, 0.6) is 0 Å². The predicted octanol–water partition coefficient (Wildman–Crippen LogP) is 5.31.